The largest absolute Gasteiger partial charge is 0.459 e. The van der Waals surface area contributed by atoms with Crippen LogP contribution in [0.5, 0.6) is 0 Å². The average molecular weight is 378 g/mol. The highest BCUT2D eigenvalue weighted by atomic mass is 79.9. The van der Waals surface area contributed by atoms with Crippen molar-refractivity contribution in [3.63, 3.8) is 0 Å². The van der Waals surface area contributed by atoms with Crippen LogP contribution in [0.3, 0.4) is 0 Å². The molecule has 112 valence electrons. The van der Waals surface area contributed by atoms with Gasteiger partial charge in [0.05, 0.1) is 10.2 Å². The van der Waals surface area contributed by atoms with Gasteiger partial charge < -0.3 is 4.74 Å². The maximum Gasteiger partial charge on any atom is 0.326 e. The average Bonchev–Trinajstić information content (AvgIpc) is 2.81. The van der Waals surface area contributed by atoms with Crippen molar-refractivity contribution in [2.75, 3.05) is 0 Å². The van der Waals surface area contributed by atoms with Gasteiger partial charge in [0, 0.05) is 4.47 Å². The zero-order chi connectivity index (χ0) is 15.5. The molecule has 22 heavy (non-hydrogen) atoms. The summed E-state index contributed by atoms with van der Waals surface area (Å²) in [6, 6.07) is 15.0. The van der Waals surface area contributed by atoms with Crippen molar-refractivity contribution in [3.05, 3.63) is 68.2 Å². The van der Waals surface area contributed by atoms with Gasteiger partial charge in [-0.3, -0.25) is 14.2 Å². The van der Waals surface area contributed by atoms with Gasteiger partial charge >= 0.3 is 10.8 Å². The zero-order valence-electron chi connectivity index (χ0n) is 11.5. The Hall–Kier alpha value is -1.92. The first kappa shape index (κ1) is 15.0. The van der Waals surface area contributed by atoms with Crippen LogP contribution in [0.2, 0.25) is 0 Å². The third-order valence-corrected chi connectivity index (χ3v) is 4.60. The molecule has 3 rings (SSSR count). The smallest absolute Gasteiger partial charge is 0.326 e. The third-order valence-electron chi connectivity index (χ3n) is 3.16. The molecule has 0 bridgehead atoms. The van der Waals surface area contributed by atoms with Gasteiger partial charge in [-0.1, -0.05) is 57.6 Å². The Bertz CT molecular complexity index is 870. The van der Waals surface area contributed by atoms with E-state index in [2.05, 4.69) is 15.9 Å². The molecule has 1 aromatic heterocycles. The van der Waals surface area contributed by atoms with Crippen LogP contribution in [0.25, 0.3) is 10.2 Å². The van der Waals surface area contributed by atoms with Crippen molar-refractivity contribution in [1.29, 1.82) is 0 Å². The molecule has 2 aromatic carbocycles. The molecular formula is C16H12BrNO3S. The van der Waals surface area contributed by atoms with E-state index in [1.54, 1.807) is 0 Å². The predicted octanol–water partition coefficient (Wildman–Crippen LogP) is 3.57. The number of halogens is 1. The quantitative estimate of drug-likeness (QED) is 0.653. The lowest BCUT2D eigenvalue weighted by Gasteiger charge is -2.06. The summed E-state index contributed by atoms with van der Waals surface area (Å²) in [7, 11) is 0. The monoisotopic (exact) mass is 377 g/mol. The minimum absolute atomic E-state index is 0.0761. The summed E-state index contributed by atoms with van der Waals surface area (Å²) in [5, 5.41) is 0. The minimum atomic E-state index is -0.423. The van der Waals surface area contributed by atoms with E-state index in [0.29, 0.717) is 0 Å². The van der Waals surface area contributed by atoms with Gasteiger partial charge in [0.2, 0.25) is 0 Å². The normalized spacial score (nSPS) is 10.8. The molecule has 0 aliphatic carbocycles. The van der Waals surface area contributed by atoms with Gasteiger partial charge in [-0.15, -0.1) is 0 Å². The molecule has 0 unspecified atom stereocenters. The molecule has 0 radical (unpaired) electrons. The minimum Gasteiger partial charge on any atom is -0.459 e. The molecule has 4 nitrogen and oxygen atoms in total. The van der Waals surface area contributed by atoms with Crippen LogP contribution in [0.15, 0.2) is 57.8 Å². The summed E-state index contributed by atoms with van der Waals surface area (Å²) in [6.45, 7) is 0.134. The maximum atomic E-state index is 12.0. The first-order valence-corrected chi connectivity index (χ1v) is 8.23. The second-order valence-corrected chi connectivity index (χ2v) is 6.62. The van der Waals surface area contributed by atoms with Gasteiger partial charge in [-0.2, -0.15) is 0 Å². The topological polar surface area (TPSA) is 48.3 Å². The number of aromatic nitrogens is 1. The van der Waals surface area contributed by atoms with Crippen molar-refractivity contribution >= 4 is 43.5 Å². The summed E-state index contributed by atoms with van der Waals surface area (Å²) in [6.07, 6.45) is 0. The number of rotatable bonds is 4. The molecule has 0 atom stereocenters. The number of nitrogens with zero attached hydrogens (tertiary/aromatic N) is 1. The van der Waals surface area contributed by atoms with Gasteiger partial charge in [-0.25, -0.2) is 0 Å². The summed E-state index contributed by atoms with van der Waals surface area (Å²) in [4.78, 5) is 23.8. The molecule has 1 heterocycles. The number of hydrogen-bond donors (Lipinski definition) is 0. The van der Waals surface area contributed by atoms with Crippen LogP contribution in [-0.2, 0) is 22.7 Å². The summed E-state index contributed by atoms with van der Waals surface area (Å²) in [5.74, 6) is -0.423. The zero-order valence-corrected chi connectivity index (χ0v) is 13.9. The lowest BCUT2D eigenvalue weighted by Crippen LogP contribution is -2.20. The molecule has 0 aliphatic heterocycles. The third kappa shape index (κ3) is 3.28. The van der Waals surface area contributed by atoms with Gasteiger partial charge in [0.1, 0.15) is 13.2 Å². The van der Waals surface area contributed by atoms with Crippen molar-refractivity contribution in [1.82, 2.24) is 4.57 Å². The molecule has 0 saturated carbocycles. The van der Waals surface area contributed by atoms with Gasteiger partial charge in [0.25, 0.3) is 0 Å². The lowest BCUT2D eigenvalue weighted by atomic mass is 10.2. The predicted molar refractivity (Wildman–Crippen MR) is 90.0 cm³/mol. The van der Waals surface area contributed by atoms with E-state index in [1.165, 1.54) is 4.57 Å². The molecule has 6 heteroatoms. The van der Waals surface area contributed by atoms with E-state index in [9.17, 15) is 9.59 Å². The van der Waals surface area contributed by atoms with Crippen LogP contribution >= 0.6 is 27.3 Å². The fourth-order valence-corrected chi connectivity index (χ4v) is 3.55. The Morgan fingerprint density at radius 2 is 1.95 bits per heavy atom. The number of hydrogen-bond acceptors (Lipinski definition) is 4. The fraction of sp³-hybridized carbons (Fsp3) is 0.125. The van der Waals surface area contributed by atoms with Crippen molar-refractivity contribution in [2.45, 2.75) is 13.2 Å². The van der Waals surface area contributed by atoms with E-state index in [0.717, 1.165) is 31.6 Å². The van der Waals surface area contributed by atoms with Crippen LogP contribution < -0.4 is 4.87 Å². The molecule has 0 N–H and O–H groups in total. The Balaban J connectivity index is 1.74. The summed E-state index contributed by atoms with van der Waals surface area (Å²) in [5.41, 5.74) is 1.66. The van der Waals surface area contributed by atoms with E-state index in [1.807, 2.05) is 48.5 Å². The number of carbonyl (C=O) groups is 1. The first-order valence-electron chi connectivity index (χ1n) is 6.62. The lowest BCUT2D eigenvalue weighted by molar-refractivity contribution is -0.145. The van der Waals surface area contributed by atoms with E-state index >= 15 is 0 Å². The highest BCUT2D eigenvalue weighted by Crippen LogP contribution is 2.22. The Morgan fingerprint density at radius 3 is 2.73 bits per heavy atom. The second-order valence-electron chi connectivity index (χ2n) is 4.71. The standard InChI is InChI=1S/C16H12BrNO3S/c17-12-6-7-13-14(8-12)22-16(20)18(13)9-15(19)21-10-11-4-2-1-3-5-11/h1-8H,9-10H2. The van der Waals surface area contributed by atoms with Crippen molar-refractivity contribution in [3.8, 4) is 0 Å². The van der Waals surface area contributed by atoms with Crippen LogP contribution in [-0.4, -0.2) is 10.5 Å². The van der Waals surface area contributed by atoms with Crippen LogP contribution in [0.1, 0.15) is 5.56 Å². The van der Waals surface area contributed by atoms with E-state index in [4.69, 9.17) is 4.74 Å². The second kappa shape index (κ2) is 6.46. The SMILES string of the molecule is O=C(Cn1c(=O)sc2cc(Br)ccc21)OCc1ccccc1. The highest BCUT2D eigenvalue weighted by molar-refractivity contribution is 9.10. The number of fused-ring (bicyclic) bond motifs is 1. The molecule has 0 saturated heterocycles. The fourth-order valence-electron chi connectivity index (χ4n) is 2.10. The van der Waals surface area contributed by atoms with Crippen molar-refractivity contribution < 1.29 is 9.53 Å². The summed E-state index contributed by atoms with van der Waals surface area (Å²) < 4.78 is 8.42. The highest BCUT2D eigenvalue weighted by Gasteiger charge is 2.12. The van der Waals surface area contributed by atoms with Crippen LogP contribution in [0, 0.1) is 0 Å². The van der Waals surface area contributed by atoms with E-state index in [-0.39, 0.29) is 18.0 Å². The van der Waals surface area contributed by atoms with Crippen molar-refractivity contribution in [2.24, 2.45) is 0 Å². The number of carbonyl (C=O) groups excluding carboxylic acids is 1. The van der Waals surface area contributed by atoms with Crippen LogP contribution in [0.4, 0.5) is 0 Å². The first-order chi connectivity index (χ1) is 10.6. The Kier molecular flexibility index (Phi) is 4.40. The Labute approximate surface area is 139 Å². The molecule has 0 spiro atoms. The Morgan fingerprint density at radius 1 is 1.18 bits per heavy atom. The number of esters is 1. The van der Waals surface area contributed by atoms with Gasteiger partial charge in [0.15, 0.2) is 0 Å². The number of benzene rings is 2. The summed E-state index contributed by atoms with van der Waals surface area (Å²) >= 11 is 4.49. The number of thiazole rings is 1. The maximum absolute atomic E-state index is 12.0. The molecule has 3 aromatic rings. The van der Waals surface area contributed by atoms with Gasteiger partial charge in [-0.05, 0) is 23.8 Å². The molecular weight excluding hydrogens is 366 g/mol. The molecule has 0 amide bonds. The molecule has 0 aliphatic rings. The van der Waals surface area contributed by atoms with E-state index < -0.39 is 5.97 Å². The number of ether oxygens (including phenoxy) is 1. The molecule has 0 fully saturated rings.